The average molecular weight is 239 g/mol. The van der Waals surface area contributed by atoms with Crippen LogP contribution in [0.15, 0.2) is 6.20 Å². The van der Waals surface area contributed by atoms with Crippen molar-refractivity contribution < 1.29 is 14.6 Å². The molecule has 2 N–H and O–H groups in total. The van der Waals surface area contributed by atoms with Crippen LogP contribution in [0.25, 0.3) is 0 Å². The maximum absolute atomic E-state index is 10.4. The summed E-state index contributed by atoms with van der Waals surface area (Å²) < 4.78 is 5.27. The average Bonchev–Trinajstić information content (AvgIpc) is 2.75. The number of hydrogen-bond donors (Lipinski definition) is 2. The number of aromatic nitrogens is 2. The van der Waals surface area contributed by atoms with Crippen LogP contribution in [-0.2, 0) is 22.5 Å². The first-order valence-corrected chi connectivity index (χ1v) is 5.78. The van der Waals surface area contributed by atoms with Crippen molar-refractivity contribution in [3.63, 3.8) is 0 Å². The Kier molecular flexibility index (Phi) is 4.11. The highest BCUT2D eigenvalue weighted by molar-refractivity contribution is 5.66. The summed E-state index contributed by atoms with van der Waals surface area (Å²) in [6, 6.07) is 0. The number of carboxylic acids is 1. The molecule has 2 heterocycles. The summed E-state index contributed by atoms with van der Waals surface area (Å²) in [5, 5.41) is 8.59. The molecule has 0 unspecified atom stereocenters. The number of ether oxygens (including phenoxy) is 1. The van der Waals surface area contributed by atoms with E-state index in [2.05, 4.69) is 14.9 Å². The summed E-state index contributed by atoms with van der Waals surface area (Å²) in [6.45, 7) is 4.16. The van der Waals surface area contributed by atoms with E-state index in [1.54, 1.807) is 6.20 Å². The monoisotopic (exact) mass is 239 g/mol. The lowest BCUT2D eigenvalue weighted by Gasteiger charge is -2.25. The first-order valence-electron chi connectivity index (χ1n) is 5.78. The lowest BCUT2D eigenvalue weighted by Crippen LogP contribution is -2.35. The molecule has 94 valence electrons. The highest BCUT2D eigenvalue weighted by Crippen LogP contribution is 2.06. The summed E-state index contributed by atoms with van der Waals surface area (Å²) in [5.74, 6) is 0.113. The molecule has 1 aromatic heterocycles. The number of aliphatic carboxylic acids is 1. The minimum absolute atomic E-state index is 0.138. The fourth-order valence-corrected chi connectivity index (χ4v) is 1.83. The zero-order chi connectivity index (χ0) is 12.1. The lowest BCUT2D eigenvalue weighted by molar-refractivity contribution is -0.136. The van der Waals surface area contributed by atoms with Crippen LogP contribution in [0.5, 0.6) is 0 Å². The molecule has 0 saturated carbocycles. The van der Waals surface area contributed by atoms with Crippen molar-refractivity contribution in [3.05, 3.63) is 17.7 Å². The highest BCUT2D eigenvalue weighted by Gasteiger charge is 2.12. The van der Waals surface area contributed by atoms with Crippen molar-refractivity contribution in [2.24, 2.45) is 0 Å². The molecular weight excluding hydrogens is 222 g/mol. The van der Waals surface area contributed by atoms with E-state index in [1.165, 1.54) is 0 Å². The van der Waals surface area contributed by atoms with Gasteiger partial charge in [0.1, 0.15) is 5.82 Å². The van der Waals surface area contributed by atoms with E-state index in [9.17, 15) is 4.79 Å². The number of carbonyl (C=O) groups is 1. The van der Waals surface area contributed by atoms with Crippen molar-refractivity contribution in [3.8, 4) is 0 Å². The molecule has 0 atom stereocenters. The Balaban J connectivity index is 1.82. The fourth-order valence-electron chi connectivity index (χ4n) is 1.83. The Labute approximate surface area is 99.6 Å². The van der Waals surface area contributed by atoms with Gasteiger partial charge >= 0.3 is 5.97 Å². The van der Waals surface area contributed by atoms with E-state index < -0.39 is 5.97 Å². The Morgan fingerprint density at radius 1 is 1.53 bits per heavy atom. The summed E-state index contributed by atoms with van der Waals surface area (Å²) in [5.41, 5.74) is 0.885. The number of carboxylic acid groups (broad SMARTS) is 1. The third-order valence-electron chi connectivity index (χ3n) is 2.77. The number of H-pyrrole nitrogens is 1. The van der Waals surface area contributed by atoms with Gasteiger partial charge in [-0.05, 0) is 6.42 Å². The second-order valence-electron chi connectivity index (χ2n) is 4.14. The van der Waals surface area contributed by atoms with Crippen molar-refractivity contribution in [2.75, 3.05) is 26.3 Å². The standard InChI is InChI=1S/C11H17N3O3/c15-11(16)2-1-9-7-12-10(13-9)8-14-3-5-17-6-4-14/h7H,1-6,8H2,(H,12,13)(H,15,16). The van der Waals surface area contributed by atoms with Gasteiger partial charge in [0.25, 0.3) is 0 Å². The minimum atomic E-state index is -0.783. The molecule has 1 aliphatic rings. The topological polar surface area (TPSA) is 78.4 Å². The molecule has 6 heteroatoms. The molecule has 6 nitrogen and oxygen atoms in total. The molecule has 0 amide bonds. The molecule has 1 aliphatic heterocycles. The predicted octanol–water partition coefficient (Wildman–Crippen LogP) is 0.259. The Morgan fingerprint density at radius 3 is 3.00 bits per heavy atom. The lowest BCUT2D eigenvalue weighted by atomic mass is 10.2. The van der Waals surface area contributed by atoms with Crippen molar-refractivity contribution in [2.45, 2.75) is 19.4 Å². The number of nitrogens with one attached hydrogen (secondary N) is 1. The molecule has 17 heavy (non-hydrogen) atoms. The quantitative estimate of drug-likeness (QED) is 0.770. The summed E-state index contributed by atoms with van der Waals surface area (Å²) in [6.07, 6.45) is 2.36. The molecule has 1 fully saturated rings. The maximum atomic E-state index is 10.4. The molecule has 0 aromatic carbocycles. The van der Waals surface area contributed by atoms with Gasteiger partial charge in [0, 0.05) is 25.0 Å². The van der Waals surface area contributed by atoms with Crippen LogP contribution in [-0.4, -0.2) is 52.2 Å². The van der Waals surface area contributed by atoms with E-state index in [4.69, 9.17) is 9.84 Å². The largest absolute Gasteiger partial charge is 0.481 e. The maximum Gasteiger partial charge on any atom is 0.303 e. The van der Waals surface area contributed by atoms with Crippen molar-refractivity contribution in [1.82, 2.24) is 14.9 Å². The number of aryl methyl sites for hydroxylation is 1. The van der Waals surface area contributed by atoms with Gasteiger partial charge in [-0.2, -0.15) is 0 Å². The van der Waals surface area contributed by atoms with Gasteiger partial charge in [-0.1, -0.05) is 0 Å². The molecule has 0 aliphatic carbocycles. The van der Waals surface area contributed by atoms with Gasteiger partial charge in [-0.3, -0.25) is 9.69 Å². The first kappa shape index (κ1) is 12.1. The molecule has 1 aromatic rings. The van der Waals surface area contributed by atoms with E-state index >= 15 is 0 Å². The van der Waals surface area contributed by atoms with Crippen LogP contribution in [0.2, 0.25) is 0 Å². The van der Waals surface area contributed by atoms with Crippen LogP contribution < -0.4 is 0 Å². The van der Waals surface area contributed by atoms with E-state index in [1.807, 2.05) is 0 Å². The third-order valence-corrected chi connectivity index (χ3v) is 2.77. The molecule has 0 spiro atoms. The van der Waals surface area contributed by atoms with Crippen molar-refractivity contribution in [1.29, 1.82) is 0 Å². The molecule has 2 rings (SSSR count). The smallest absolute Gasteiger partial charge is 0.303 e. The number of rotatable bonds is 5. The van der Waals surface area contributed by atoms with Gasteiger partial charge in [0.05, 0.1) is 26.2 Å². The number of aromatic amines is 1. The Bertz CT molecular complexity index is 372. The summed E-state index contributed by atoms with van der Waals surface area (Å²) in [4.78, 5) is 20.1. The first-order chi connectivity index (χ1) is 8.24. The van der Waals surface area contributed by atoms with Crippen LogP contribution in [0, 0.1) is 0 Å². The zero-order valence-electron chi connectivity index (χ0n) is 9.69. The Hall–Kier alpha value is -1.40. The van der Waals surface area contributed by atoms with Gasteiger partial charge < -0.3 is 14.8 Å². The van der Waals surface area contributed by atoms with Gasteiger partial charge in [-0.25, -0.2) is 4.98 Å². The van der Waals surface area contributed by atoms with Crippen LogP contribution in [0.1, 0.15) is 17.9 Å². The normalized spacial score (nSPS) is 17.2. The van der Waals surface area contributed by atoms with E-state index in [0.717, 1.165) is 44.4 Å². The zero-order valence-corrected chi connectivity index (χ0v) is 9.69. The highest BCUT2D eigenvalue weighted by atomic mass is 16.5. The SMILES string of the molecule is O=C(O)CCc1cnc(CN2CCOCC2)[nH]1. The molecule has 0 bridgehead atoms. The summed E-state index contributed by atoms with van der Waals surface area (Å²) >= 11 is 0. The van der Waals surface area contributed by atoms with Crippen molar-refractivity contribution >= 4 is 5.97 Å². The van der Waals surface area contributed by atoms with E-state index in [0.29, 0.717) is 6.42 Å². The van der Waals surface area contributed by atoms with Crippen LogP contribution >= 0.6 is 0 Å². The molecule has 0 radical (unpaired) electrons. The Morgan fingerprint density at radius 2 is 2.29 bits per heavy atom. The predicted molar refractivity (Wildman–Crippen MR) is 60.6 cm³/mol. The number of imidazole rings is 1. The molecular formula is C11H17N3O3. The summed E-state index contributed by atoms with van der Waals surface area (Å²) in [7, 11) is 0. The fraction of sp³-hybridized carbons (Fsp3) is 0.636. The second kappa shape index (κ2) is 5.79. The van der Waals surface area contributed by atoms with E-state index in [-0.39, 0.29) is 6.42 Å². The minimum Gasteiger partial charge on any atom is -0.481 e. The van der Waals surface area contributed by atoms with Gasteiger partial charge in [0.2, 0.25) is 0 Å². The molecule has 1 saturated heterocycles. The third kappa shape index (κ3) is 3.83. The second-order valence-corrected chi connectivity index (χ2v) is 4.14. The van der Waals surface area contributed by atoms with Gasteiger partial charge in [0.15, 0.2) is 0 Å². The number of morpholine rings is 1. The van der Waals surface area contributed by atoms with Crippen LogP contribution in [0.3, 0.4) is 0 Å². The number of nitrogens with zero attached hydrogens (tertiary/aromatic N) is 2. The van der Waals surface area contributed by atoms with Gasteiger partial charge in [-0.15, -0.1) is 0 Å². The number of hydrogen-bond acceptors (Lipinski definition) is 4. The van der Waals surface area contributed by atoms with Crippen LogP contribution in [0.4, 0.5) is 0 Å².